The van der Waals surface area contributed by atoms with Gasteiger partial charge in [0.15, 0.2) is 0 Å². The lowest BCUT2D eigenvalue weighted by atomic mass is 9.96. The van der Waals surface area contributed by atoms with Crippen molar-refractivity contribution >= 4 is 5.91 Å². The number of carbonyl (C=O) groups is 1. The average molecular weight is 386 g/mol. The van der Waals surface area contributed by atoms with E-state index in [1.54, 1.807) is 12.4 Å². The van der Waals surface area contributed by atoms with Crippen molar-refractivity contribution < 1.29 is 4.79 Å². The molecule has 0 N–H and O–H groups in total. The zero-order valence-corrected chi connectivity index (χ0v) is 16.5. The van der Waals surface area contributed by atoms with Gasteiger partial charge in [0.25, 0.3) is 0 Å². The van der Waals surface area contributed by atoms with E-state index in [0.29, 0.717) is 12.8 Å². The van der Waals surface area contributed by atoms with Gasteiger partial charge in [-0.2, -0.15) is 0 Å². The summed E-state index contributed by atoms with van der Waals surface area (Å²) >= 11 is 0. The van der Waals surface area contributed by atoms with E-state index < -0.39 is 0 Å². The third-order valence-corrected chi connectivity index (χ3v) is 5.50. The summed E-state index contributed by atoms with van der Waals surface area (Å²) in [4.78, 5) is 25.2. The highest BCUT2D eigenvalue weighted by Crippen LogP contribution is 2.29. The molecule has 0 unspecified atom stereocenters. The van der Waals surface area contributed by atoms with Crippen LogP contribution in [0.1, 0.15) is 29.2 Å². The molecule has 4 rings (SSSR count). The van der Waals surface area contributed by atoms with Crippen molar-refractivity contribution in [2.45, 2.75) is 18.9 Å². The second-order valence-electron chi connectivity index (χ2n) is 7.39. The van der Waals surface area contributed by atoms with Gasteiger partial charge in [-0.15, -0.1) is 0 Å². The van der Waals surface area contributed by atoms with Gasteiger partial charge in [-0.05, 0) is 23.1 Å². The number of hydrogen-bond acceptors (Lipinski definition) is 4. The van der Waals surface area contributed by atoms with Crippen molar-refractivity contribution in [3.8, 4) is 0 Å². The Hall–Kier alpha value is -3.05. The number of aryl methyl sites for hydroxylation is 1. The zero-order valence-electron chi connectivity index (χ0n) is 16.5. The fraction of sp³-hybridized carbons (Fsp3) is 0.292. The number of carbonyl (C=O) groups excluding carboxylic acids is 1. The first-order valence-corrected chi connectivity index (χ1v) is 10.2. The van der Waals surface area contributed by atoms with Gasteiger partial charge in [-0.3, -0.25) is 9.69 Å². The lowest BCUT2D eigenvalue weighted by Crippen LogP contribution is -2.49. The first kappa shape index (κ1) is 19.3. The summed E-state index contributed by atoms with van der Waals surface area (Å²) in [5.74, 6) is 0.212. The van der Waals surface area contributed by atoms with Crippen molar-refractivity contribution in [3.05, 3.63) is 96.1 Å². The molecule has 0 bridgehead atoms. The monoisotopic (exact) mass is 386 g/mol. The van der Waals surface area contributed by atoms with Crippen LogP contribution in [0.2, 0.25) is 0 Å². The number of amides is 1. The van der Waals surface area contributed by atoms with E-state index in [9.17, 15) is 4.79 Å². The molecule has 2 heterocycles. The molecule has 1 saturated heterocycles. The highest BCUT2D eigenvalue weighted by Gasteiger charge is 2.27. The summed E-state index contributed by atoms with van der Waals surface area (Å²) in [6.45, 7) is 3.27. The quantitative estimate of drug-likeness (QED) is 0.652. The van der Waals surface area contributed by atoms with Crippen LogP contribution in [0.25, 0.3) is 0 Å². The normalized spacial score (nSPS) is 14.9. The first-order valence-electron chi connectivity index (χ1n) is 10.2. The summed E-state index contributed by atoms with van der Waals surface area (Å²) in [5.41, 5.74) is 3.60. The van der Waals surface area contributed by atoms with Gasteiger partial charge in [-0.25, -0.2) is 9.97 Å². The summed E-state index contributed by atoms with van der Waals surface area (Å²) in [6, 6.07) is 21.5. The maximum Gasteiger partial charge on any atom is 0.222 e. The number of rotatable bonds is 6. The fourth-order valence-corrected chi connectivity index (χ4v) is 3.98. The van der Waals surface area contributed by atoms with Gasteiger partial charge < -0.3 is 4.90 Å². The predicted octanol–water partition coefficient (Wildman–Crippen LogP) is 3.34. The van der Waals surface area contributed by atoms with Crippen LogP contribution in [0.4, 0.5) is 0 Å². The van der Waals surface area contributed by atoms with Crippen LogP contribution in [0.5, 0.6) is 0 Å². The molecule has 1 amide bonds. The average Bonchev–Trinajstić information content (AvgIpc) is 2.80. The van der Waals surface area contributed by atoms with E-state index in [2.05, 4.69) is 75.5 Å². The largest absolute Gasteiger partial charge is 0.340 e. The van der Waals surface area contributed by atoms with E-state index in [0.717, 1.165) is 31.7 Å². The minimum atomic E-state index is 0.212. The molecule has 0 atom stereocenters. The van der Waals surface area contributed by atoms with Crippen LogP contribution in [-0.4, -0.2) is 51.9 Å². The summed E-state index contributed by atoms with van der Waals surface area (Å²) < 4.78 is 0. The molecule has 1 aliphatic heterocycles. The topological polar surface area (TPSA) is 49.3 Å². The molecule has 29 heavy (non-hydrogen) atoms. The number of aromatic nitrogens is 2. The Morgan fingerprint density at radius 1 is 0.828 bits per heavy atom. The molecule has 5 heteroatoms. The maximum absolute atomic E-state index is 12.7. The summed E-state index contributed by atoms with van der Waals surface area (Å²) in [6.07, 6.45) is 6.27. The second kappa shape index (κ2) is 9.43. The predicted molar refractivity (Wildman–Crippen MR) is 113 cm³/mol. The van der Waals surface area contributed by atoms with Crippen LogP contribution >= 0.6 is 0 Å². The highest BCUT2D eigenvalue weighted by molar-refractivity contribution is 5.76. The molecule has 0 radical (unpaired) electrons. The summed E-state index contributed by atoms with van der Waals surface area (Å²) in [5, 5.41) is 0. The van der Waals surface area contributed by atoms with Crippen molar-refractivity contribution in [3.63, 3.8) is 0 Å². The number of nitrogens with zero attached hydrogens (tertiary/aromatic N) is 4. The highest BCUT2D eigenvalue weighted by atomic mass is 16.2. The maximum atomic E-state index is 12.7. The van der Waals surface area contributed by atoms with E-state index in [-0.39, 0.29) is 11.9 Å². The number of benzene rings is 2. The lowest BCUT2D eigenvalue weighted by Gasteiger charge is -2.40. The Balaban J connectivity index is 1.40. The van der Waals surface area contributed by atoms with Crippen molar-refractivity contribution in [2.24, 2.45) is 0 Å². The van der Waals surface area contributed by atoms with Crippen LogP contribution in [-0.2, 0) is 11.2 Å². The molecular weight excluding hydrogens is 360 g/mol. The molecule has 5 nitrogen and oxygen atoms in total. The molecule has 3 aromatic rings. The fourth-order valence-electron chi connectivity index (χ4n) is 3.98. The molecule has 0 spiro atoms. The van der Waals surface area contributed by atoms with Gasteiger partial charge >= 0.3 is 0 Å². The molecule has 0 saturated carbocycles. The van der Waals surface area contributed by atoms with Crippen LogP contribution in [0.3, 0.4) is 0 Å². The molecule has 1 aromatic heterocycles. The molecule has 148 valence electrons. The van der Waals surface area contributed by atoms with Crippen molar-refractivity contribution in [2.75, 3.05) is 26.2 Å². The number of piperazine rings is 1. The Morgan fingerprint density at radius 2 is 1.38 bits per heavy atom. The van der Waals surface area contributed by atoms with Crippen LogP contribution < -0.4 is 0 Å². The van der Waals surface area contributed by atoms with E-state index >= 15 is 0 Å². The Kier molecular flexibility index (Phi) is 6.27. The standard InChI is InChI=1S/C24H26N4O/c29-23(12-11-20-17-25-19-26-18-20)27-13-15-28(16-14-27)24(21-7-3-1-4-8-21)22-9-5-2-6-10-22/h1-10,17-19,24H,11-16H2. The van der Waals surface area contributed by atoms with E-state index in [4.69, 9.17) is 0 Å². The number of hydrogen-bond donors (Lipinski definition) is 0. The molecule has 2 aromatic carbocycles. The minimum Gasteiger partial charge on any atom is -0.340 e. The van der Waals surface area contributed by atoms with Gasteiger partial charge in [0.05, 0.1) is 6.04 Å². The molecular formula is C24H26N4O. The van der Waals surface area contributed by atoms with Crippen molar-refractivity contribution in [1.82, 2.24) is 19.8 Å². The smallest absolute Gasteiger partial charge is 0.222 e. The molecule has 1 fully saturated rings. The Bertz CT molecular complexity index is 854. The van der Waals surface area contributed by atoms with Gasteiger partial charge in [-0.1, -0.05) is 60.7 Å². The Labute approximate surface area is 172 Å². The second-order valence-corrected chi connectivity index (χ2v) is 7.39. The van der Waals surface area contributed by atoms with Gasteiger partial charge in [0.1, 0.15) is 6.33 Å². The SMILES string of the molecule is O=C(CCc1cncnc1)N1CCN(C(c2ccccc2)c2ccccc2)CC1. The lowest BCUT2D eigenvalue weighted by molar-refractivity contribution is -0.133. The zero-order chi connectivity index (χ0) is 19.9. The Morgan fingerprint density at radius 3 is 1.93 bits per heavy atom. The van der Waals surface area contributed by atoms with Gasteiger partial charge in [0.2, 0.25) is 5.91 Å². The van der Waals surface area contributed by atoms with E-state index in [1.807, 2.05) is 4.90 Å². The third-order valence-electron chi connectivity index (χ3n) is 5.50. The van der Waals surface area contributed by atoms with E-state index in [1.165, 1.54) is 17.5 Å². The summed E-state index contributed by atoms with van der Waals surface area (Å²) in [7, 11) is 0. The van der Waals surface area contributed by atoms with Crippen LogP contribution in [0.15, 0.2) is 79.4 Å². The molecule has 0 aliphatic carbocycles. The van der Waals surface area contributed by atoms with Gasteiger partial charge in [0, 0.05) is 45.0 Å². The third kappa shape index (κ3) is 4.87. The van der Waals surface area contributed by atoms with Crippen molar-refractivity contribution in [1.29, 1.82) is 0 Å². The molecule has 1 aliphatic rings. The first-order chi connectivity index (χ1) is 14.3. The van der Waals surface area contributed by atoms with Crippen LogP contribution in [0, 0.1) is 0 Å². The minimum absolute atomic E-state index is 0.212.